The van der Waals surface area contributed by atoms with Gasteiger partial charge in [-0.1, -0.05) is 43.7 Å². The van der Waals surface area contributed by atoms with Gasteiger partial charge in [0.2, 0.25) is 5.91 Å². The molecule has 0 radical (unpaired) electrons. The van der Waals surface area contributed by atoms with Crippen LogP contribution in [0.25, 0.3) is 0 Å². The SMILES string of the molecule is CCc1cnccc1NC(=O)CN1C[C@]2(CC[C@](c3ccccc3)(N(C)C)CC2)N(CC2CCC2)C1=O. The van der Waals surface area contributed by atoms with E-state index in [1.165, 1.54) is 24.8 Å². The summed E-state index contributed by atoms with van der Waals surface area (Å²) in [5.74, 6) is 0.450. The van der Waals surface area contributed by atoms with Crippen molar-refractivity contribution in [2.75, 3.05) is 39.0 Å². The quantitative estimate of drug-likeness (QED) is 0.557. The Morgan fingerprint density at radius 2 is 1.84 bits per heavy atom. The van der Waals surface area contributed by atoms with Gasteiger partial charge in [0.15, 0.2) is 0 Å². The normalized spacial score (nSPS) is 26.1. The van der Waals surface area contributed by atoms with Crippen LogP contribution in [0.5, 0.6) is 0 Å². The molecule has 2 heterocycles. The van der Waals surface area contributed by atoms with Gasteiger partial charge in [-0.25, -0.2) is 4.79 Å². The number of urea groups is 1. The molecular formula is C30H41N5O2. The number of nitrogens with zero attached hydrogens (tertiary/aromatic N) is 4. The minimum atomic E-state index is -0.202. The fraction of sp³-hybridized carbons (Fsp3) is 0.567. The first-order valence-corrected chi connectivity index (χ1v) is 13.9. The molecule has 2 aliphatic carbocycles. The number of amides is 3. The summed E-state index contributed by atoms with van der Waals surface area (Å²) >= 11 is 0. The van der Waals surface area contributed by atoms with Gasteiger partial charge in [0, 0.05) is 36.7 Å². The number of benzene rings is 1. The Balaban J connectivity index is 1.34. The summed E-state index contributed by atoms with van der Waals surface area (Å²) in [5.41, 5.74) is 2.91. The summed E-state index contributed by atoms with van der Waals surface area (Å²) in [7, 11) is 4.36. The maximum Gasteiger partial charge on any atom is 0.321 e. The Labute approximate surface area is 221 Å². The molecule has 5 rings (SSSR count). The van der Waals surface area contributed by atoms with Gasteiger partial charge >= 0.3 is 6.03 Å². The largest absolute Gasteiger partial charge is 0.324 e. The molecule has 1 N–H and O–H groups in total. The second kappa shape index (κ2) is 10.4. The fourth-order valence-electron chi connectivity index (χ4n) is 6.70. The van der Waals surface area contributed by atoms with Crippen LogP contribution in [0.4, 0.5) is 10.5 Å². The maximum absolute atomic E-state index is 13.8. The highest BCUT2D eigenvalue weighted by Crippen LogP contribution is 2.49. The number of nitrogens with one attached hydrogen (secondary N) is 1. The first-order valence-electron chi connectivity index (χ1n) is 13.9. The summed E-state index contributed by atoms with van der Waals surface area (Å²) in [6.45, 7) is 3.58. The lowest BCUT2D eigenvalue weighted by atomic mass is 9.68. The van der Waals surface area contributed by atoms with Crippen LogP contribution in [0.3, 0.4) is 0 Å². The van der Waals surface area contributed by atoms with Gasteiger partial charge in [-0.05, 0) is 82.2 Å². The van der Waals surface area contributed by atoms with E-state index in [0.717, 1.165) is 49.9 Å². The number of hydrogen-bond donors (Lipinski definition) is 1. The van der Waals surface area contributed by atoms with Gasteiger partial charge in [0.05, 0.1) is 5.54 Å². The van der Waals surface area contributed by atoms with Crippen LogP contribution in [0.15, 0.2) is 48.8 Å². The standard InChI is InChI=1S/C30H41N5O2/c1-4-24-19-31-18-13-26(24)32-27(36)21-34-22-29(35(28(34)37)20-23-9-8-10-23)14-16-30(17-15-29,33(2)3)25-11-6-5-7-12-25/h5-7,11-13,18-19,23H,4,8-10,14-17,20-22H2,1-3H3,(H,31,32,36)/t29-,30+. The predicted octanol–water partition coefficient (Wildman–Crippen LogP) is 4.89. The number of aryl methyl sites for hydroxylation is 1. The third-order valence-corrected chi connectivity index (χ3v) is 9.29. The summed E-state index contributed by atoms with van der Waals surface area (Å²) in [5, 5.41) is 3.03. The van der Waals surface area contributed by atoms with Crippen molar-refractivity contribution >= 4 is 17.6 Å². The minimum Gasteiger partial charge on any atom is -0.324 e. The van der Waals surface area contributed by atoms with Crippen LogP contribution >= 0.6 is 0 Å². The van der Waals surface area contributed by atoms with E-state index in [-0.39, 0.29) is 29.6 Å². The fourth-order valence-corrected chi connectivity index (χ4v) is 6.70. The van der Waals surface area contributed by atoms with Crippen molar-refractivity contribution in [2.24, 2.45) is 5.92 Å². The van der Waals surface area contributed by atoms with Gasteiger partial charge in [0.25, 0.3) is 0 Å². The van der Waals surface area contributed by atoms with Crippen molar-refractivity contribution in [3.05, 3.63) is 59.9 Å². The van der Waals surface area contributed by atoms with Gasteiger partial charge in [-0.15, -0.1) is 0 Å². The Morgan fingerprint density at radius 1 is 1.11 bits per heavy atom. The number of anilines is 1. The Morgan fingerprint density at radius 3 is 2.46 bits per heavy atom. The van der Waals surface area contributed by atoms with Crippen LogP contribution in [0.2, 0.25) is 0 Å². The van der Waals surface area contributed by atoms with Gasteiger partial charge in [-0.2, -0.15) is 0 Å². The molecule has 7 nitrogen and oxygen atoms in total. The molecule has 3 amide bonds. The molecule has 2 saturated carbocycles. The molecule has 3 fully saturated rings. The zero-order valence-corrected chi connectivity index (χ0v) is 22.6. The minimum absolute atomic E-state index is 0.0274. The highest BCUT2D eigenvalue weighted by Gasteiger charge is 2.55. The molecule has 3 aliphatic rings. The Kier molecular flexibility index (Phi) is 7.26. The molecule has 1 saturated heterocycles. The number of carbonyl (C=O) groups is 2. The van der Waals surface area contributed by atoms with E-state index >= 15 is 0 Å². The van der Waals surface area contributed by atoms with Crippen LogP contribution < -0.4 is 5.32 Å². The summed E-state index contributed by atoms with van der Waals surface area (Å²) in [6.07, 6.45) is 11.8. The van der Waals surface area contributed by atoms with E-state index in [1.807, 2.05) is 13.0 Å². The lowest BCUT2D eigenvalue weighted by Crippen LogP contribution is -2.56. The van der Waals surface area contributed by atoms with Gasteiger partial charge in [-0.3, -0.25) is 14.7 Å². The predicted molar refractivity (Wildman–Crippen MR) is 146 cm³/mol. The lowest BCUT2D eigenvalue weighted by molar-refractivity contribution is -0.116. The highest BCUT2D eigenvalue weighted by molar-refractivity contribution is 5.95. The van der Waals surface area contributed by atoms with Crippen molar-refractivity contribution in [3.63, 3.8) is 0 Å². The van der Waals surface area contributed by atoms with Crippen molar-refractivity contribution in [2.45, 2.75) is 69.4 Å². The second-order valence-electron chi connectivity index (χ2n) is 11.5. The monoisotopic (exact) mass is 503 g/mol. The van der Waals surface area contributed by atoms with Crippen molar-refractivity contribution in [1.29, 1.82) is 0 Å². The molecule has 0 bridgehead atoms. The van der Waals surface area contributed by atoms with E-state index in [0.29, 0.717) is 12.5 Å². The summed E-state index contributed by atoms with van der Waals surface area (Å²) in [4.78, 5) is 37.4. The van der Waals surface area contributed by atoms with E-state index in [4.69, 9.17) is 0 Å². The molecule has 7 heteroatoms. The Hall–Kier alpha value is -2.93. The van der Waals surface area contributed by atoms with E-state index < -0.39 is 0 Å². The van der Waals surface area contributed by atoms with Crippen molar-refractivity contribution in [3.8, 4) is 0 Å². The molecule has 37 heavy (non-hydrogen) atoms. The third kappa shape index (κ3) is 4.86. The topological polar surface area (TPSA) is 68.8 Å². The molecule has 1 spiro atoms. The number of rotatable bonds is 8. The summed E-state index contributed by atoms with van der Waals surface area (Å²) in [6, 6.07) is 12.7. The molecule has 1 aliphatic heterocycles. The zero-order chi connectivity index (χ0) is 26.0. The average molecular weight is 504 g/mol. The zero-order valence-electron chi connectivity index (χ0n) is 22.6. The van der Waals surface area contributed by atoms with E-state index in [9.17, 15) is 9.59 Å². The van der Waals surface area contributed by atoms with Crippen LogP contribution in [-0.4, -0.2) is 70.9 Å². The maximum atomic E-state index is 13.8. The summed E-state index contributed by atoms with van der Waals surface area (Å²) < 4.78 is 0. The first kappa shape index (κ1) is 25.7. The molecule has 2 aromatic rings. The number of carbonyl (C=O) groups excluding carboxylic acids is 2. The third-order valence-electron chi connectivity index (χ3n) is 9.29. The second-order valence-corrected chi connectivity index (χ2v) is 11.5. The van der Waals surface area contributed by atoms with Crippen molar-refractivity contribution < 1.29 is 9.59 Å². The van der Waals surface area contributed by atoms with Gasteiger partial charge in [0.1, 0.15) is 6.54 Å². The molecular weight excluding hydrogens is 462 g/mol. The molecule has 1 aromatic heterocycles. The van der Waals surface area contributed by atoms with Crippen LogP contribution in [0.1, 0.15) is 63.0 Å². The lowest BCUT2D eigenvalue weighted by Gasteiger charge is -2.51. The smallest absolute Gasteiger partial charge is 0.321 e. The van der Waals surface area contributed by atoms with Crippen molar-refractivity contribution in [1.82, 2.24) is 19.7 Å². The first-order chi connectivity index (χ1) is 17.9. The average Bonchev–Trinajstić information content (AvgIpc) is 3.12. The number of aromatic nitrogens is 1. The van der Waals surface area contributed by atoms with Crippen LogP contribution in [-0.2, 0) is 16.8 Å². The number of pyridine rings is 1. The molecule has 198 valence electrons. The highest BCUT2D eigenvalue weighted by atomic mass is 16.2. The molecule has 0 unspecified atom stereocenters. The van der Waals surface area contributed by atoms with E-state index in [1.54, 1.807) is 17.3 Å². The van der Waals surface area contributed by atoms with Crippen LogP contribution in [0, 0.1) is 5.92 Å². The molecule has 0 atom stereocenters. The van der Waals surface area contributed by atoms with E-state index in [2.05, 4.69) is 64.5 Å². The van der Waals surface area contributed by atoms with Gasteiger partial charge < -0.3 is 15.1 Å². The Bertz CT molecular complexity index is 1110. The molecule has 1 aromatic carbocycles. The number of hydrogen-bond acceptors (Lipinski definition) is 4.